The van der Waals surface area contributed by atoms with E-state index >= 15 is 0 Å². The second-order valence-corrected chi connectivity index (χ2v) is 5.91. The summed E-state index contributed by atoms with van der Waals surface area (Å²) < 4.78 is 4.76. The summed E-state index contributed by atoms with van der Waals surface area (Å²) in [5, 5.41) is 14.8. The number of hydrogen-bond donors (Lipinski definition) is 1. The number of nitrogens with zero attached hydrogens (tertiary/aromatic N) is 4. The Bertz CT molecular complexity index is 743. The van der Waals surface area contributed by atoms with Crippen LogP contribution >= 0.6 is 0 Å². The van der Waals surface area contributed by atoms with Crippen molar-refractivity contribution in [3.8, 4) is 11.4 Å². The van der Waals surface area contributed by atoms with Gasteiger partial charge in [0.25, 0.3) is 0 Å². The fourth-order valence-electron chi connectivity index (χ4n) is 2.39. The van der Waals surface area contributed by atoms with Crippen molar-refractivity contribution in [1.29, 1.82) is 0 Å². The lowest BCUT2D eigenvalue weighted by Gasteiger charge is -2.21. The molecule has 8 nitrogen and oxygen atoms in total. The summed E-state index contributed by atoms with van der Waals surface area (Å²) in [4.78, 5) is 25.3. The van der Waals surface area contributed by atoms with Crippen LogP contribution in [0.25, 0.3) is 11.4 Å². The molecule has 2 rings (SSSR count). The Morgan fingerprint density at radius 3 is 2.68 bits per heavy atom. The first-order valence-electron chi connectivity index (χ1n) is 8.17. The molecule has 0 saturated heterocycles. The van der Waals surface area contributed by atoms with Gasteiger partial charge in [-0.15, -0.1) is 10.2 Å². The van der Waals surface area contributed by atoms with E-state index in [1.54, 1.807) is 0 Å². The third kappa shape index (κ3) is 4.62. The molecule has 0 fully saturated rings. The number of esters is 1. The highest BCUT2D eigenvalue weighted by Gasteiger charge is 2.27. The molecule has 134 valence electrons. The average Bonchev–Trinajstić information content (AvgIpc) is 3.06. The Morgan fingerprint density at radius 1 is 1.32 bits per heavy atom. The zero-order chi connectivity index (χ0) is 18.4. The number of rotatable bonds is 7. The number of hydrogen-bond acceptors (Lipinski definition) is 6. The van der Waals surface area contributed by atoms with E-state index in [4.69, 9.17) is 4.74 Å². The highest BCUT2D eigenvalue weighted by molar-refractivity contribution is 5.84. The maximum absolute atomic E-state index is 12.2. The quantitative estimate of drug-likeness (QED) is 0.761. The number of methoxy groups -OCH3 is 1. The normalized spacial score (nSPS) is 13.1. The van der Waals surface area contributed by atoms with Gasteiger partial charge < -0.3 is 10.1 Å². The van der Waals surface area contributed by atoms with Crippen LogP contribution in [0.3, 0.4) is 0 Å². The van der Waals surface area contributed by atoms with Crippen LogP contribution in [0.15, 0.2) is 24.3 Å². The minimum Gasteiger partial charge on any atom is -0.467 e. The van der Waals surface area contributed by atoms with E-state index in [9.17, 15) is 9.59 Å². The lowest BCUT2D eigenvalue weighted by Crippen LogP contribution is -2.46. The van der Waals surface area contributed by atoms with Crippen LogP contribution in [-0.2, 0) is 20.9 Å². The predicted molar refractivity (Wildman–Crippen MR) is 91.4 cm³/mol. The number of benzene rings is 1. The van der Waals surface area contributed by atoms with E-state index in [-0.39, 0.29) is 18.4 Å². The molecule has 1 aromatic carbocycles. The Balaban J connectivity index is 2.06. The molecule has 0 radical (unpaired) electrons. The van der Waals surface area contributed by atoms with Gasteiger partial charge in [0.15, 0.2) is 0 Å². The molecule has 1 amide bonds. The van der Waals surface area contributed by atoms with Crippen LogP contribution in [0, 0.1) is 12.8 Å². The molecule has 1 heterocycles. The van der Waals surface area contributed by atoms with Crippen molar-refractivity contribution in [3.05, 3.63) is 29.8 Å². The third-order valence-electron chi connectivity index (χ3n) is 4.11. The van der Waals surface area contributed by atoms with Gasteiger partial charge in [-0.1, -0.05) is 44.5 Å². The van der Waals surface area contributed by atoms with Crippen molar-refractivity contribution in [3.63, 3.8) is 0 Å². The number of carbonyl (C=O) groups is 2. The summed E-state index contributed by atoms with van der Waals surface area (Å²) in [6.07, 6.45) is 0.735. The minimum atomic E-state index is -0.693. The molecule has 8 heteroatoms. The van der Waals surface area contributed by atoms with Crippen LogP contribution < -0.4 is 5.32 Å². The van der Waals surface area contributed by atoms with Gasteiger partial charge in [0.05, 0.1) is 7.11 Å². The first-order chi connectivity index (χ1) is 12.0. The number of aryl methyl sites for hydroxylation is 1. The molecular weight excluding hydrogens is 322 g/mol. The standard InChI is InChI=1S/C17H23N5O3/c1-5-11(2)15(17(24)25-4)18-14(23)10-22-20-16(19-21-22)13-9-7-6-8-12(13)3/h6-9,11,15H,5,10H2,1-4H3,(H,18,23)/t11-,15+/m1/s1. The monoisotopic (exact) mass is 345 g/mol. The van der Waals surface area contributed by atoms with Crippen LogP contribution in [0.5, 0.6) is 0 Å². The number of nitrogens with one attached hydrogen (secondary N) is 1. The molecule has 0 aliphatic carbocycles. The lowest BCUT2D eigenvalue weighted by atomic mass is 9.99. The number of amides is 1. The zero-order valence-corrected chi connectivity index (χ0v) is 14.9. The molecule has 1 aromatic heterocycles. The van der Waals surface area contributed by atoms with Crippen molar-refractivity contribution in [2.24, 2.45) is 5.92 Å². The second-order valence-electron chi connectivity index (χ2n) is 5.91. The van der Waals surface area contributed by atoms with Crippen LogP contribution in [0.4, 0.5) is 0 Å². The number of aromatic nitrogens is 4. The van der Waals surface area contributed by atoms with E-state index in [0.717, 1.165) is 17.5 Å². The molecule has 2 aromatic rings. The third-order valence-corrected chi connectivity index (χ3v) is 4.11. The number of ether oxygens (including phenoxy) is 1. The Morgan fingerprint density at radius 2 is 2.04 bits per heavy atom. The first kappa shape index (κ1) is 18.6. The fourth-order valence-corrected chi connectivity index (χ4v) is 2.39. The van der Waals surface area contributed by atoms with E-state index < -0.39 is 12.0 Å². The molecule has 0 bridgehead atoms. The van der Waals surface area contributed by atoms with E-state index in [1.807, 2.05) is 45.0 Å². The van der Waals surface area contributed by atoms with Crippen LogP contribution in [-0.4, -0.2) is 45.2 Å². The molecule has 0 saturated carbocycles. The molecule has 0 unspecified atom stereocenters. The zero-order valence-electron chi connectivity index (χ0n) is 14.9. The van der Waals surface area contributed by atoms with Crippen molar-refractivity contribution in [2.75, 3.05) is 7.11 Å². The molecule has 0 spiro atoms. The lowest BCUT2D eigenvalue weighted by molar-refractivity contribution is -0.146. The molecule has 0 aliphatic rings. The molecular formula is C17H23N5O3. The minimum absolute atomic E-state index is 0.0392. The van der Waals surface area contributed by atoms with Crippen LogP contribution in [0.2, 0.25) is 0 Å². The SMILES string of the molecule is CC[C@@H](C)[C@H](NC(=O)Cn1nnc(-c2ccccc2C)n1)C(=O)OC. The Kier molecular flexibility index (Phi) is 6.21. The smallest absolute Gasteiger partial charge is 0.328 e. The van der Waals surface area contributed by atoms with Gasteiger partial charge in [-0.2, -0.15) is 4.80 Å². The summed E-state index contributed by atoms with van der Waals surface area (Å²) in [6.45, 7) is 5.66. The highest BCUT2D eigenvalue weighted by atomic mass is 16.5. The fraction of sp³-hybridized carbons (Fsp3) is 0.471. The molecule has 1 N–H and O–H groups in total. The summed E-state index contributed by atoms with van der Waals surface area (Å²) in [5.41, 5.74) is 1.88. The van der Waals surface area contributed by atoms with Crippen molar-refractivity contribution in [1.82, 2.24) is 25.5 Å². The largest absolute Gasteiger partial charge is 0.467 e. The Labute approximate surface area is 146 Å². The topological polar surface area (TPSA) is 99.0 Å². The van der Waals surface area contributed by atoms with E-state index in [2.05, 4.69) is 20.7 Å². The van der Waals surface area contributed by atoms with Gasteiger partial charge in [0.2, 0.25) is 11.7 Å². The number of tetrazole rings is 1. The van der Waals surface area contributed by atoms with Gasteiger partial charge in [0.1, 0.15) is 12.6 Å². The summed E-state index contributed by atoms with van der Waals surface area (Å²) in [7, 11) is 1.30. The van der Waals surface area contributed by atoms with E-state index in [0.29, 0.717) is 5.82 Å². The van der Waals surface area contributed by atoms with E-state index in [1.165, 1.54) is 11.9 Å². The average molecular weight is 345 g/mol. The second kappa shape index (κ2) is 8.36. The predicted octanol–water partition coefficient (Wildman–Crippen LogP) is 1.35. The summed E-state index contributed by atoms with van der Waals surface area (Å²) in [6, 6.07) is 6.98. The van der Waals surface area contributed by atoms with Gasteiger partial charge in [-0.05, 0) is 23.6 Å². The highest BCUT2D eigenvalue weighted by Crippen LogP contribution is 2.17. The molecule has 0 aliphatic heterocycles. The van der Waals surface area contributed by atoms with Crippen molar-refractivity contribution in [2.45, 2.75) is 39.8 Å². The van der Waals surface area contributed by atoms with Crippen LogP contribution in [0.1, 0.15) is 25.8 Å². The maximum atomic E-state index is 12.2. The Hall–Kier alpha value is -2.77. The maximum Gasteiger partial charge on any atom is 0.328 e. The van der Waals surface area contributed by atoms with Crippen molar-refractivity contribution >= 4 is 11.9 Å². The molecule has 25 heavy (non-hydrogen) atoms. The van der Waals surface area contributed by atoms with Gasteiger partial charge in [-0.25, -0.2) is 4.79 Å². The number of carbonyl (C=O) groups excluding carboxylic acids is 2. The molecule has 2 atom stereocenters. The summed E-state index contributed by atoms with van der Waals surface area (Å²) >= 11 is 0. The first-order valence-corrected chi connectivity index (χ1v) is 8.17. The van der Waals surface area contributed by atoms with Gasteiger partial charge >= 0.3 is 5.97 Å². The van der Waals surface area contributed by atoms with Crippen molar-refractivity contribution < 1.29 is 14.3 Å². The van der Waals surface area contributed by atoms with Gasteiger partial charge in [-0.3, -0.25) is 4.79 Å². The van der Waals surface area contributed by atoms with Gasteiger partial charge in [0, 0.05) is 5.56 Å². The summed E-state index contributed by atoms with van der Waals surface area (Å²) in [5.74, 6) is -0.417.